The first-order valence-electron chi connectivity index (χ1n) is 7.52. The highest BCUT2D eigenvalue weighted by atomic mass is 19.1. The standard InChI is InChI=1S/C17H14F2N2O5/c1-25-14-8-10(2-3-12(14)21-4-5-26-17(21)24)20-16(23)15-11(19)6-9(18)7-13(15)22/h2-3,6-8,22H,4-5H2,1H3,(H,20,23). The molecule has 1 fully saturated rings. The Labute approximate surface area is 146 Å². The fourth-order valence-electron chi connectivity index (χ4n) is 2.57. The van der Waals surface area contributed by atoms with Crippen LogP contribution < -0.4 is 15.0 Å². The summed E-state index contributed by atoms with van der Waals surface area (Å²) in [4.78, 5) is 25.2. The predicted molar refractivity (Wildman–Crippen MR) is 87.7 cm³/mol. The van der Waals surface area contributed by atoms with E-state index < -0.39 is 34.9 Å². The number of amides is 2. The Hall–Kier alpha value is -3.36. The summed E-state index contributed by atoms with van der Waals surface area (Å²) in [6.07, 6.45) is -0.515. The Balaban J connectivity index is 1.87. The average Bonchev–Trinajstić information content (AvgIpc) is 2.99. The minimum absolute atomic E-state index is 0.228. The van der Waals surface area contributed by atoms with Crippen LogP contribution in [0.25, 0.3) is 0 Å². The number of benzene rings is 2. The van der Waals surface area contributed by atoms with Crippen molar-refractivity contribution < 1.29 is 33.0 Å². The van der Waals surface area contributed by atoms with Gasteiger partial charge >= 0.3 is 6.09 Å². The van der Waals surface area contributed by atoms with Crippen LogP contribution in [0.4, 0.5) is 25.0 Å². The first kappa shape index (κ1) is 17.5. The summed E-state index contributed by atoms with van der Waals surface area (Å²) in [5, 5.41) is 12.0. The molecule has 0 atom stereocenters. The molecule has 9 heteroatoms. The van der Waals surface area contributed by atoms with Crippen molar-refractivity contribution in [3.05, 3.63) is 47.5 Å². The molecule has 2 aromatic carbocycles. The van der Waals surface area contributed by atoms with Gasteiger partial charge in [-0.1, -0.05) is 0 Å². The molecule has 0 aromatic heterocycles. The second-order valence-corrected chi connectivity index (χ2v) is 5.39. The SMILES string of the molecule is COc1cc(NC(=O)c2c(O)cc(F)cc2F)ccc1N1CCOC1=O. The molecule has 0 spiro atoms. The highest BCUT2D eigenvalue weighted by Crippen LogP contribution is 2.33. The van der Waals surface area contributed by atoms with Gasteiger partial charge in [0.15, 0.2) is 0 Å². The summed E-state index contributed by atoms with van der Waals surface area (Å²) in [6, 6.07) is 5.57. The molecule has 1 aliphatic rings. The molecule has 2 aromatic rings. The van der Waals surface area contributed by atoms with E-state index in [2.05, 4.69) is 5.32 Å². The molecule has 1 saturated heterocycles. The Morgan fingerprint density at radius 1 is 1.31 bits per heavy atom. The van der Waals surface area contributed by atoms with E-state index in [-0.39, 0.29) is 18.0 Å². The van der Waals surface area contributed by atoms with Gasteiger partial charge in [-0.25, -0.2) is 13.6 Å². The lowest BCUT2D eigenvalue weighted by atomic mass is 10.1. The molecule has 0 saturated carbocycles. The number of rotatable bonds is 4. The lowest BCUT2D eigenvalue weighted by Gasteiger charge is -2.17. The number of carbonyl (C=O) groups is 2. The normalized spacial score (nSPS) is 13.5. The van der Waals surface area contributed by atoms with Gasteiger partial charge in [0, 0.05) is 23.9 Å². The number of cyclic esters (lactones) is 1. The summed E-state index contributed by atoms with van der Waals surface area (Å²) in [5.41, 5.74) is -0.00679. The molecule has 26 heavy (non-hydrogen) atoms. The van der Waals surface area contributed by atoms with Gasteiger partial charge in [0.05, 0.1) is 19.3 Å². The lowest BCUT2D eigenvalue weighted by Crippen LogP contribution is -2.24. The smallest absolute Gasteiger partial charge is 0.414 e. The monoisotopic (exact) mass is 364 g/mol. The van der Waals surface area contributed by atoms with Crippen LogP contribution in [0.1, 0.15) is 10.4 Å². The highest BCUT2D eigenvalue weighted by molar-refractivity contribution is 6.06. The van der Waals surface area contributed by atoms with Crippen molar-refractivity contribution in [1.82, 2.24) is 0 Å². The third kappa shape index (κ3) is 3.23. The molecular formula is C17H14F2N2O5. The molecule has 2 N–H and O–H groups in total. The van der Waals surface area contributed by atoms with E-state index in [0.717, 1.165) is 0 Å². The maximum atomic E-state index is 13.8. The Morgan fingerprint density at radius 2 is 2.08 bits per heavy atom. The fourth-order valence-corrected chi connectivity index (χ4v) is 2.57. The van der Waals surface area contributed by atoms with Crippen LogP contribution in [-0.2, 0) is 4.74 Å². The first-order chi connectivity index (χ1) is 12.4. The number of hydrogen-bond acceptors (Lipinski definition) is 5. The zero-order chi connectivity index (χ0) is 18.8. The van der Waals surface area contributed by atoms with Crippen LogP contribution in [0.2, 0.25) is 0 Å². The summed E-state index contributed by atoms with van der Waals surface area (Å²) in [5.74, 6) is -3.69. The van der Waals surface area contributed by atoms with E-state index in [4.69, 9.17) is 9.47 Å². The van der Waals surface area contributed by atoms with Gasteiger partial charge < -0.3 is 19.9 Å². The quantitative estimate of drug-likeness (QED) is 0.871. The van der Waals surface area contributed by atoms with Crippen molar-refractivity contribution >= 4 is 23.4 Å². The Morgan fingerprint density at radius 3 is 2.69 bits per heavy atom. The Bertz CT molecular complexity index is 864. The van der Waals surface area contributed by atoms with E-state index in [1.165, 1.54) is 30.2 Å². The molecular weight excluding hydrogens is 350 g/mol. The van der Waals surface area contributed by atoms with Crippen LogP contribution in [0.3, 0.4) is 0 Å². The van der Waals surface area contributed by atoms with Crippen molar-refractivity contribution in [2.45, 2.75) is 0 Å². The van der Waals surface area contributed by atoms with Crippen molar-refractivity contribution in [1.29, 1.82) is 0 Å². The van der Waals surface area contributed by atoms with Crippen LogP contribution in [0.5, 0.6) is 11.5 Å². The molecule has 136 valence electrons. The highest BCUT2D eigenvalue weighted by Gasteiger charge is 2.26. The lowest BCUT2D eigenvalue weighted by molar-refractivity contribution is 0.102. The van der Waals surface area contributed by atoms with Gasteiger partial charge in [0.2, 0.25) is 0 Å². The number of nitrogens with one attached hydrogen (secondary N) is 1. The average molecular weight is 364 g/mol. The van der Waals surface area contributed by atoms with Gasteiger partial charge in [-0.2, -0.15) is 0 Å². The minimum atomic E-state index is -1.19. The van der Waals surface area contributed by atoms with Gasteiger partial charge in [-0.15, -0.1) is 0 Å². The summed E-state index contributed by atoms with van der Waals surface area (Å²) in [6.45, 7) is 0.610. The molecule has 3 rings (SSSR count). The van der Waals surface area contributed by atoms with E-state index >= 15 is 0 Å². The number of hydrogen-bond donors (Lipinski definition) is 2. The summed E-state index contributed by atoms with van der Waals surface area (Å²) < 4.78 is 36.9. The number of ether oxygens (including phenoxy) is 2. The van der Waals surface area contributed by atoms with Crippen LogP contribution >= 0.6 is 0 Å². The van der Waals surface area contributed by atoms with E-state index in [1.54, 1.807) is 0 Å². The van der Waals surface area contributed by atoms with E-state index in [1.807, 2.05) is 0 Å². The summed E-state index contributed by atoms with van der Waals surface area (Å²) >= 11 is 0. The topological polar surface area (TPSA) is 88.1 Å². The number of phenolic OH excluding ortho intramolecular Hbond substituents is 1. The van der Waals surface area contributed by atoms with Gasteiger partial charge in [0.1, 0.15) is 35.3 Å². The summed E-state index contributed by atoms with van der Waals surface area (Å²) in [7, 11) is 1.39. The van der Waals surface area contributed by atoms with Gasteiger partial charge in [-0.05, 0) is 12.1 Å². The zero-order valence-corrected chi connectivity index (χ0v) is 13.6. The molecule has 1 heterocycles. The molecule has 0 bridgehead atoms. The predicted octanol–water partition coefficient (Wildman–Crippen LogP) is 2.89. The fraction of sp³-hybridized carbons (Fsp3) is 0.176. The maximum Gasteiger partial charge on any atom is 0.414 e. The minimum Gasteiger partial charge on any atom is -0.507 e. The second-order valence-electron chi connectivity index (χ2n) is 5.39. The molecule has 0 aliphatic carbocycles. The molecule has 0 radical (unpaired) electrons. The van der Waals surface area contributed by atoms with E-state index in [0.29, 0.717) is 24.4 Å². The van der Waals surface area contributed by atoms with Crippen molar-refractivity contribution in [3.8, 4) is 11.5 Å². The molecule has 2 amide bonds. The third-order valence-electron chi connectivity index (χ3n) is 3.75. The number of phenols is 1. The van der Waals surface area contributed by atoms with Crippen LogP contribution in [-0.4, -0.2) is 37.4 Å². The number of halogens is 2. The molecule has 7 nitrogen and oxygen atoms in total. The third-order valence-corrected chi connectivity index (χ3v) is 3.75. The van der Waals surface area contributed by atoms with E-state index in [9.17, 15) is 23.5 Å². The first-order valence-corrected chi connectivity index (χ1v) is 7.52. The van der Waals surface area contributed by atoms with Crippen molar-refractivity contribution in [3.63, 3.8) is 0 Å². The number of aromatic hydroxyl groups is 1. The van der Waals surface area contributed by atoms with Gasteiger partial charge in [-0.3, -0.25) is 9.69 Å². The van der Waals surface area contributed by atoms with Gasteiger partial charge in [0.25, 0.3) is 5.91 Å². The number of nitrogens with zero attached hydrogens (tertiary/aromatic N) is 1. The number of anilines is 2. The van der Waals surface area contributed by atoms with Crippen molar-refractivity contribution in [2.75, 3.05) is 30.5 Å². The van der Waals surface area contributed by atoms with Crippen molar-refractivity contribution in [2.24, 2.45) is 0 Å². The number of methoxy groups -OCH3 is 1. The molecule has 0 unspecified atom stereocenters. The zero-order valence-electron chi connectivity index (χ0n) is 13.6. The van der Waals surface area contributed by atoms with Crippen LogP contribution in [0, 0.1) is 11.6 Å². The largest absolute Gasteiger partial charge is 0.507 e. The Kier molecular flexibility index (Phi) is 4.61. The van der Waals surface area contributed by atoms with Crippen LogP contribution in [0.15, 0.2) is 30.3 Å². The molecule has 1 aliphatic heterocycles. The maximum absolute atomic E-state index is 13.8. The number of carbonyl (C=O) groups excluding carboxylic acids is 2. The second kappa shape index (κ2) is 6.87.